The van der Waals surface area contributed by atoms with E-state index in [0.29, 0.717) is 6.04 Å². The van der Waals surface area contributed by atoms with Crippen LogP contribution in [0.5, 0.6) is 0 Å². The molecule has 1 atom stereocenters. The molecule has 0 bridgehead atoms. The minimum Gasteiger partial charge on any atom is -0.370 e. The van der Waals surface area contributed by atoms with E-state index in [-0.39, 0.29) is 0 Å². The molecule has 0 aliphatic carbocycles. The van der Waals surface area contributed by atoms with Crippen LogP contribution in [0, 0.1) is 0 Å². The van der Waals surface area contributed by atoms with Crippen molar-refractivity contribution in [2.75, 3.05) is 37.3 Å². The summed E-state index contributed by atoms with van der Waals surface area (Å²) in [5, 5.41) is 7.08. The highest BCUT2D eigenvalue weighted by Gasteiger charge is 2.19. The average molecular weight is 291 g/mol. The fraction of sp³-hybridized carbons (Fsp3) is 0.750. The third-order valence-electron chi connectivity index (χ3n) is 3.95. The van der Waals surface area contributed by atoms with E-state index in [9.17, 15) is 0 Å². The van der Waals surface area contributed by atoms with Gasteiger partial charge in [0.1, 0.15) is 18.0 Å². The van der Waals surface area contributed by atoms with Crippen molar-refractivity contribution in [3.63, 3.8) is 0 Å². The van der Waals surface area contributed by atoms with Gasteiger partial charge >= 0.3 is 0 Å². The molecule has 1 saturated heterocycles. The summed E-state index contributed by atoms with van der Waals surface area (Å²) < 4.78 is 0. The molecule has 5 heteroatoms. The van der Waals surface area contributed by atoms with Crippen molar-refractivity contribution in [3.8, 4) is 0 Å². The van der Waals surface area contributed by atoms with Gasteiger partial charge in [0, 0.05) is 24.7 Å². The standard InChI is InChI=1S/C16H29N5/c1-4-7-14-15(17-9-5-2)18-12-19-16(14)20-13-8-6-10-21(3)11-13/h12-13H,4-11H2,1-3H3,(H2,17,18,19,20). The zero-order valence-corrected chi connectivity index (χ0v) is 13.7. The molecule has 0 radical (unpaired) electrons. The molecule has 0 spiro atoms. The van der Waals surface area contributed by atoms with E-state index in [2.05, 4.69) is 46.4 Å². The first-order valence-corrected chi connectivity index (χ1v) is 8.27. The quantitative estimate of drug-likeness (QED) is 0.809. The summed E-state index contributed by atoms with van der Waals surface area (Å²) in [5.41, 5.74) is 1.24. The Kier molecular flexibility index (Phi) is 6.23. The van der Waals surface area contributed by atoms with Gasteiger partial charge in [-0.15, -0.1) is 0 Å². The van der Waals surface area contributed by atoms with Gasteiger partial charge in [-0.3, -0.25) is 0 Å². The third kappa shape index (κ3) is 4.56. The number of hydrogen-bond acceptors (Lipinski definition) is 5. The Hall–Kier alpha value is -1.36. The van der Waals surface area contributed by atoms with Crippen molar-refractivity contribution in [1.82, 2.24) is 14.9 Å². The lowest BCUT2D eigenvalue weighted by Gasteiger charge is -2.31. The third-order valence-corrected chi connectivity index (χ3v) is 3.95. The van der Waals surface area contributed by atoms with E-state index in [1.165, 1.54) is 24.9 Å². The van der Waals surface area contributed by atoms with Crippen molar-refractivity contribution in [2.24, 2.45) is 0 Å². The van der Waals surface area contributed by atoms with Crippen LogP contribution in [0.2, 0.25) is 0 Å². The monoisotopic (exact) mass is 291 g/mol. The topological polar surface area (TPSA) is 53.1 Å². The number of anilines is 2. The van der Waals surface area contributed by atoms with E-state index in [1.54, 1.807) is 6.33 Å². The highest BCUT2D eigenvalue weighted by atomic mass is 15.2. The second kappa shape index (κ2) is 8.17. The molecule has 1 aromatic heterocycles. The zero-order valence-electron chi connectivity index (χ0n) is 13.7. The van der Waals surface area contributed by atoms with Crippen molar-refractivity contribution >= 4 is 11.6 Å². The predicted molar refractivity (Wildman–Crippen MR) is 88.9 cm³/mol. The van der Waals surface area contributed by atoms with Gasteiger partial charge in [-0.25, -0.2) is 9.97 Å². The maximum atomic E-state index is 4.50. The summed E-state index contributed by atoms with van der Waals surface area (Å²) in [4.78, 5) is 11.3. The molecule has 1 unspecified atom stereocenters. The van der Waals surface area contributed by atoms with Crippen LogP contribution < -0.4 is 10.6 Å². The Morgan fingerprint density at radius 3 is 2.76 bits per heavy atom. The van der Waals surface area contributed by atoms with Gasteiger partial charge in [0.05, 0.1) is 0 Å². The summed E-state index contributed by atoms with van der Waals surface area (Å²) >= 11 is 0. The molecule has 118 valence electrons. The minimum atomic E-state index is 0.494. The summed E-state index contributed by atoms with van der Waals surface area (Å²) in [6.07, 6.45) is 7.36. The number of likely N-dealkylation sites (N-methyl/N-ethyl adjacent to an activating group) is 1. The molecule has 2 heterocycles. The number of likely N-dealkylation sites (tertiary alicyclic amines) is 1. The molecule has 1 aliphatic heterocycles. The van der Waals surface area contributed by atoms with Gasteiger partial charge in [0.15, 0.2) is 0 Å². The van der Waals surface area contributed by atoms with E-state index in [0.717, 1.165) is 44.0 Å². The van der Waals surface area contributed by atoms with Crippen molar-refractivity contribution in [3.05, 3.63) is 11.9 Å². The summed E-state index contributed by atoms with van der Waals surface area (Å²) in [6, 6.07) is 0.494. The molecule has 2 N–H and O–H groups in total. The Bertz CT molecular complexity index is 435. The number of piperidine rings is 1. The molecule has 0 aromatic carbocycles. The van der Waals surface area contributed by atoms with E-state index in [4.69, 9.17) is 0 Å². The maximum Gasteiger partial charge on any atom is 0.134 e. The molecular formula is C16H29N5. The summed E-state index contributed by atoms with van der Waals surface area (Å²) in [6.45, 7) is 7.62. The minimum absolute atomic E-state index is 0.494. The Balaban J connectivity index is 2.12. The lowest BCUT2D eigenvalue weighted by molar-refractivity contribution is 0.260. The van der Waals surface area contributed by atoms with Crippen LogP contribution in [-0.2, 0) is 6.42 Å². The van der Waals surface area contributed by atoms with Crippen LogP contribution in [0.3, 0.4) is 0 Å². The maximum absolute atomic E-state index is 4.50. The second-order valence-corrected chi connectivity index (χ2v) is 5.97. The molecule has 1 aliphatic rings. The second-order valence-electron chi connectivity index (χ2n) is 5.97. The van der Waals surface area contributed by atoms with Gasteiger partial charge in [0.2, 0.25) is 0 Å². The highest BCUT2D eigenvalue weighted by Crippen LogP contribution is 2.24. The highest BCUT2D eigenvalue weighted by molar-refractivity contribution is 5.57. The van der Waals surface area contributed by atoms with Crippen molar-refractivity contribution < 1.29 is 0 Å². The van der Waals surface area contributed by atoms with Gasteiger partial charge in [-0.2, -0.15) is 0 Å². The largest absolute Gasteiger partial charge is 0.370 e. The lowest BCUT2D eigenvalue weighted by atomic mass is 10.1. The Morgan fingerprint density at radius 2 is 2.05 bits per heavy atom. The molecule has 0 saturated carbocycles. The molecule has 1 aromatic rings. The summed E-state index contributed by atoms with van der Waals surface area (Å²) in [7, 11) is 2.19. The molecule has 0 amide bonds. The van der Waals surface area contributed by atoms with E-state index in [1.807, 2.05) is 0 Å². The van der Waals surface area contributed by atoms with Gasteiger partial charge in [-0.1, -0.05) is 20.3 Å². The van der Waals surface area contributed by atoms with Crippen LogP contribution in [0.4, 0.5) is 11.6 Å². The normalized spacial score (nSPS) is 19.5. The number of nitrogens with one attached hydrogen (secondary N) is 2. The van der Waals surface area contributed by atoms with E-state index >= 15 is 0 Å². The smallest absolute Gasteiger partial charge is 0.134 e. The van der Waals surface area contributed by atoms with Crippen LogP contribution in [-0.4, -0.2) is 47.6 Å². The molecular weight excluding hydrogens is 262 g/mol. The van der Waals surface area contributed by atoms with Crippen LogP contribution >= 0.6 is 0 Å². The average Bonchev–Trinajstić information content (AvgIpc) is 2.48. The lowest BCUT2D eigenvalue weighted by Crippen LogP contribution is -2.40. The first kappa shape index (κ1) is 16.0. The van der Waals surface area contributed by atoms with Crippen LogP contribution in [0.15, 0.2) is 6.33 Å². The first-order chi connectivity index (χ1) is 10.2. The van der Waals surface area contributed by atoms with Gasteiger partial charge in [-0.05, 0) is 39.3 Å². The molecule has 21 heavy (non-hydrogen) atoms. The molecule has 2 rings (SSSR count). The predicted octanol–water partition coefficient (Wildman–Crippen LogP) is 2.76. The Morgan fingerprint density at radius 1 is 1.24 bits per heavy atom. The molecule has 5 nitrogen and oxygen atoms in total. The fourth-order valence-corrected chi connectivity index (χ4v) is 2.90. The zero-order chi connectivity index (χ0) is 15.1. The van der Waals surface area contributed by atoms with Gasteiger partial charge < -0.3 is 15.5 Å². The Labute approximate surface area is 128 Å². The number of aromatic nitrogens is 2. The van der Waals surface area contributed by atoms with Crippen molar-refractivity contribution in [2.45, 2.75) is 52.0 Å². The fourth-order valence-electron chi connectivity index (χ4n) is 2.90. The van der Waals surface area contributed by atoms with E-state index < -0.39 is 0 Å². The number of nitrogens with zero attached hydrogens (tertiary/aromatic N) is 3. The van der Waals surface area contributed by atoms with Gasteiger partial charge in [0.25, 0.3) is 0 Å². The van der Waals surface area contributed by atoms with Crippen LogP contribution in [0.1, 0.15) is 45.1 Å². The van der Waals surface area contributed by atoms with Crippen molar-refractivity contribution in [1.29, 1.82) is 0 Å². The number of hydrogen-bond donors (Lipinski definition) is 2. The first-order valence-electron chi connectivity index (χ1n) is 8.27. The summed E-state index contributed by atoms with van der Waals surface area (Å²) in [5.74, 6) is 2.02. The SMILES string of the molecule is CCCNc1ncnc(NC2CCCN(C)C2)c1CCC. The number of rotatable bonds is 7. The van der Waals surface area contributed by atoms with Crippen LogP contribution in [0.25, 0.3) is 0 Å². The molecule has 1 fully saturated rings.